The van der Waals surface area contributed by atoms with Gasteiger partial charge in [-0.05, 0) is 40.3 Å². The van der Waals surface area contributed by atoms with Crippen LogP contribution in [0.15, 0.2) is 10.6 Å². The fourth-order valence-electron chi connectivity index (χ4n) is 2.93. The third kappa shape index (κ3) is 4.05. The van der Waals surface area contributed by atoms with Crippen molar-refractivity contribution in [1.29, 1.82) is 0 Å². The molecule has 2 rings (SSSR count). The average molecular weight is 265 g/mol. The van der Waals surface area contributed by atoms with E-state index in [1.165, 1.54) is 25.8 Å². The van der Waals surface area contributed by atoms with Gasteiger partial charge in [-0.15, -0.1) is 0 Å². The lowest BCUT2D eigenvalue weighted by Crippen LogP contribution is -2.45. The molecule has 2 heterocycles. The molecule has 0 aliphatic carbocycles. The van der Waals surface area contributed by atoms with E-state index in [0.29, 0.717) is 12.1 Å². The Labute approximate surface area is 116 Å². The van der Waals surface area contributed by atoms with Gasteiger partial charge in [0.2, 0.25) is 0 Å². The summed E-state index contributed by atoms with van der Waals surface area (Å²) in [5.41, 5.74) is 0. The van der Waals surface area contributed by atoms with Crippen molar-refractivity contribution in [1.82, 2.24) is 15.2 Å². The Kier molecular flexibility index (Phi) is 5.40. The van der Waals surface area contributed by atoms with Crippen molar-refractivity contribution in [2.45, 2.75) is 58.0 Å². The van der Waals surface area contributed by atoms with Crippen LogP contribution in [0, 0.1) is 0 Å². The molecule has 1 aliphatic rings. The highest BCUT2D eigenvalue weighted by Crippen LogP contribution is 2.22. The molecule has 0 amide bonds. The van der Waals surface area contributed by atoms with E-state index in [0.717, 1.165) is 31.0 Å². The standard InChI is InChI=1S/C15H27N3O/c1-12(2)18-9-5-4-6-13(18)10-15-17-11-14(19-15)7-8-16-3/h11-13,16H,4-10H2,1-3H3. The molecule has 4 heteroatoms. The molecule has 0 radical (unpaired) electrons. The average Bonchev–Trinajstić information content (AvgIpc) is 2.84. The molecular weight excluding hydrogens is 238 g/mol. The second-order valence-corrected chi connectivity index (χ2v) is 5.76. The molecule has 1 unspecified atom stereocenters. The van der Waals surface area contributed by atoms with Crippen LogP contribution in [0.5, 0.6) is 0 Å². The fraction of sp³-hybridized carbons (Fsp3) is 0.800. The van der Waals surface area contributed by atoms with E-state index in [1.54, 1.807) is 0 Å². The molecule has 1 N–H and O–H groups in total. The Bertz CT molecular complexity index is 375. The number of nitrogens with zero attached hydrogens (tertiary/aromatic N) is 2. The minimum absolute atomic E-state index is 0.601. The maximum Gasteiger partial charge on any atom is 0.195 e. The van der Waals surface area contributed by atoms with Crippen LogP contribution in [-0.2, 0) is 12.8 Å². The van der Waals surface area contributed by atoms with Gasteiger partial charge in [0.25, 0.3) is 0 Å². The lowest BCUT2D eigenvalue weighted by Gasteiger charge is -2.38. The van der Waals surface area contributed by atoms with Crippen LogP contribution in [0.1, 0.15) is 44.8 Å². The van der Waals surface area contributed by atoms with Crippen LogP contribution in [0.2, 0.25) is 0 Å². The number of likely N-dealkylation sites (N-methyl/N-ethyl adjacent to an activating group) is 1. The van der Waals surface area contributed by atoms with Gasteiger partial charge in [0.15, 0.2) is 5.89 Å². The van der Waals surface area contributed by atoms with E-state index in [-0.39, 0.29) is 0 Å². The zero-order chi connectivity index (χ0) is 13.7. The highest BCUT2D eigenvalue weighted by atomic mass is 16.4. The second kappa shape index (κ2) is 7.06. The van der Waals surface area contributed by atoms with E-state index in [1.807, 2.05) is 13.2 Å². The zero-order valence-electron chi connectivity index (χ0n) is 12.5. The van der Waals surface area contributed by atoms with Crippen molar-refractivity contribution in [3.05, 3.63) is 17.8 Å². The third-order valence-corrected chi connectivity index (χ3v) is 3.97. The smallest absolute Gasteiger partial charge is 0.195 e. The Hall–Kier alpha value is -0.870. The van der Waals surface area contributed by atoms with E-state index < -0.39 is 0 Å². The number of hydrogen-bond donors (Lipinski definition) is 1. The normalized spacial score (nSPS) is 21.2. The molecule has 1 atom stereocenters. The minimum atomic E-state index is 0.601. The van der Waals surface area contributed by atoms with Gasteiger partial charge in [-0.2, -0.15) is 0 Å². The molecule has 1 aliphatic heterocycles. The number of nitrogens with one attached hydrogen (secondary N) is 1. The van der Waals surface area contributed by atoms with Crippen molar-refractivity contribution in [3.8, 4) is 0 Å². The first-order valence-corrected chi connectivity index (χ1v) is 7.54. The van der Waals surface area contributed by atoms with Gasteiger partial charge in [-0.3, -0.25) is 4.90 Å². The number of rotatable bonds is 6. The number of likely N-dealkylation sites (tertiary alicyclic amines) is 1. The molecule has 0 bridgehead atoms. The number of oxazole rings is 1. The molecule has 19 heavy (non-hydrogen) atoms. The molecule has 108 valence electrons. The van der Waals surface area contributed by atoms with Gasteiger partial charge >= 0.3 is 0 Å². The summed E-state index contributed by atoms with van der Waals surface area (Å²) in [4.78, 5) is 7.03. The molecule has 4 nitrogen and oxygen atoms in total. The molecule has 1 fully saturated rings. The van der Waals surface area contributed by atoms with E-state index >= 15 is 0 Å². The lowest BCUT2D eigenvalue weighted by atomic mass is 9.98. The fourth-order valence-corrected chi connectivity index (χ4v) is 2.93. The molecule has 0 saturated carbocycles. The van der Waals surface area contributed by atoms with Crippen molar-refractivity contribution >= 4 is 0 Å². The first-order chi connectivity index (χ1) is 9.20. The Morgan fingerprint density at radius 2 is 2.32 bits per heavy atom. The molecule has 0 aromatic carbocycles. The van der Waals surface area contributed by atoms with E-state index in [2.05, 4.69) is 29.0 Å². The zero-order valence-corrected chi connectivity index (χ0v) is 12.5. The van der Waals surface area contributed by atoms with Gasteiger partial charge < -0.3 is 9.73 Å². The summed E-state index contributed by atoms with van der Waals surface area (Å²) in [5.74, 6) is 1.90. The van der Waals surface area contributed by atoms with E-state index in [9.17, 15) is 0 Å². The highest BCUT2D eigenvalue weighted by molar-refractivity contribution is 4.97. The van der Waals surface area contributed by atoms with Gasteiger partial charge in [0, 0.05) is 31.5 Å². The summed E-state index contributed by atoms with van der Waals surface area (Å²) < 4.78 is 5.84. The van der Waals surface area contributed by atoms with Gasteiger partial charge in [-0.1, -0.05) is 6.42 Å². The van der Waals surface area contributed by atoms with Gasteiger partial charge in [0.05, 0.1) is 6.20 Å². The Morgan fingerprint density at radius 3 is 3.05 bits per heavy atom. The minimum Gasteiger partial charge on any atom is -0.446 e. The number of hydrogen-bond acceptors (Lipinski definition) is 4. The predicted molar refractivity (Wildman–Crippen MR) is 77.3 cm³/mol. The van der Waals surface area contributed by atoms with Gasteiger partial charge in [-0.25, -0.2) is 4.98 Å². The quantitative estimate of drug-likeness (QED) is 0.856. The van der Waals surface area contributed by atoms with Crippen molar-refractivity contribution < 1.29 is 4.42 Å². The summed E-state index contributed by atoms with van der Waals surface area (Å²) in [6.07, 6.45) is 7.69. The topological polar surface area (TPSA) is 41.3 Å². The lowest BCUT2D eigenvalue weighted by molar-refractivity contribution is 0.106. The summed E-state index contributed by atoms with van der Waals surface area (Å²) in [6.45, 7) is 6.73. The van der Waals surface area contributed by atoms with Crippen LogP contribution < -0.4 is 5.32 Å². The largest absolute Gasteiger partial charge is 0.446 e. The summed E-state index contributed by atoms with van der Waals surface area (Å²) in [6, 6.07) is 1.22. The SMILES string of the molecule is CNCCc1cnc(CC2CCCCN2C(C)C)o1. The van der Waals surface area contributed by atoms with Crippen LogP contribution in [-0.4, -0.2) is 42.1 Å². The molecule has 0 spiro atoms. The highest BCUT2D eigenvalue weighted by Gasteiger charge is 2.25. The summed E-state index contributed by atoms with van der Waals surface area (Å²) >= 11 is 0. The molecule has 1 saturated heterocycles. The van der Waals surface area contributed by atoms with Crippen LogP contribution in [0.4, 0.5) is 0 Å². The van der Waals surface area contributed by atoms with Crippen molar-refractivity contribution in [2.24, 2.45) is 0 Å². The van der Waals surface area contributed by atoms with Crippen LogP contribution >= 0.6 is 0 Å². The van der Waals surface area contributed by atoms with Gasteiger partial charge in [0.1, 0.15) is 5.76 Å². The molecule has 1 aromatic rings. The van der Waals surface area contributed by atoms with Crippen LogP contribution in [0.25, 0.3) is 0 Å². The second-order valence-electron chi connectivity index (χ2n) is 5.76. The predicted octanol–water partition coefficient (Wildman–Crippen LogP) is 2.24. The summed E-state index contributed by atoms with van der Waals surface area (Å²) in [5, 5.41) is 3.13. The molecule has 1 aromatic heterocycles. The maximum atomic E-state index is 5.84. The van der Waals surface area contributed by atoms with Crippen LogP contribution in [0.3, 0.4) is 0 Å². The third-order valence-electron chi connectivity index (χ3n) is 3.97. The number of aromatic nitrogens is 1. The summed E-state index contributed by atoms with van der Waals surface area (Å²) in [7, 11) is 1.96. The Morgan fingerprint density at radius 1 is 1.47 bits per heavy atom. The van der Waals surface area contributed by atoms with E-state index in [4.69, 9.17) is 4.42 Å². The van der Waals surface area contributed by atoms with Crippen molar-refractivity contribution in [2.75, 3.05) is 20.1 Å². The monoisotopic (exact) mass is 265 g/mol. The molecular formula is C15H27N3O. The first-order valence-electron chi connectivity index (χ1n) is 7.54. The Balaban J connectivity index is 1.93. The first kappa shape index (κ1) is 14.5. The van der Waals surface area contributed by atoms with Crippen molar-refractivity contribution in [3.63, 3.8) is 0 Å². The maximum absolute atomic E-state index is 5.84. The number of piperidine rings is 1.